The van der Waals surface area contributed by atoms with Gasteiger partial charge in [-0.1, -0.05) is 6.92 Å². The highest BCUT2D eigenvalue weighted by Crippen LogP contribution is 2.14. The van der Waals surface area contributed by atoms with E-state index in [1.165, 1.54) is 19.1 Å². The molecule has 0 aliphatic heterocycles. The van der Waals surface area contributed by atoms with Crippen molar-refractivity contribution in [2.45, 2.75) is 32.8 Å². The highest BCUT2D eigenvalue weighted by Gasteiger charge is 2.20. The molecule has 1 amide bonds. The maximum Gasteiger partial charge on any atom is 0.338 e. The van der Waals surface area contributed by atoms with Crippen molar-refractivity contribution in [1.29, 1.82) is 0 Å². The first-order chi connectivity index (χ1) is 12.4. The Hall–Kier alpha value is -3.02. The Balaban J connectivity index is 1.98. The molecule has 0 unspecified atom stereocenters. The van der Waals surface area contributed by atoms with Crippen molar-refractivity contribution in [3.8, 4) is 0 Å². The predicted octanol–water partition coefficient (Wildman–Crippen LogP) is 3.99. The zero-order valence-electron chi connectivity index (χ0n) is 14.6. The number of hydrogen-bond donors (Lipinski definition) is 1. The topological polar surface area (TPSA) is 72.5 Å². The van der Waals surface area contributed by atoms with Gasteiger partial charge in [0, 0.05) is 17.7 Å². The van der Waals surface area contributed by atoms with E-state index < -0.39 is 17.9 Å². The first-order valence-corrected chi connectivity index (χ1v) is 8.31. The van der Waals surface area contributed by atoms with Crippen LogP contribution in [-0.4, -0.2) is 23.8 Å². The lowest BCUT2D eigenvalue weighted by Crippen LogP contribution is -2.24. The molecule has 0 saturated heterocycles. The van der Waals surface area contributed by atoms with E-state index in [-0.39, 0.29) is 17.3 Å². The molecule has 0 radical (unpaired) electrons. The fourth-order valence-electron chi connectivity index (χ4n) is 2.27. The molecule has 0 heterocycles. The molecular formula is C20H20FNO4. The molecule has 0 saturated carbocycles. The van der Waals surface area contributed by atoms with Crippen LogP contribution in [-0.2, 0) is 9.53 Å². The number of ketones is 1. The fraction of sp³-hybridized carbons (Fsp3) is 0.250. The number of nitrogens with one attached hydrogen (secondary N) is 1. The molecule has 0 bridgehead atoms. The minimum atomic E-state index is -0.993. The van der Waals surface area contributed by atoms with Crippen molar-refractivity contribution < 1.29 is 23.5 Å². The van der Waals surface area contributed by atoms with Crippen LogP contribution in [0.2, 0.25) is 0 Å². The largest absolute Gasteiger partial charge is 0.451 e. The maximum absolute atomic E-state index is 12.9. The van der Waals surface area contributed by atoms with Crippen LogP contribution in [0.3, 0.4) is 0 Å². The minimum Gasteiger partial charge on any atom is -0.451 e. The minimum absolute atomic E-state index is 0.0897. The molecule has 1 N–H and O–H groups in total. The number of carbonyl (C=O) groups is 3. The molecule has 2 aromatic rings. The highest BCUT2D eigenvalue weighted by atomic mass is 19.1. The van der Waals surface area contributed by atoms with Gasteiger partial charge in [-0.05, 0) is 61.9 Å². The van der Waals surface area contributed by atoms with Crippen molar-refractivity contribution in [3.63, 3.8) is 0 Å². The maximum atomic E-state index is 12.9. The van der Waals surface area contributed by atoms with Crippen molar-refractivity contribution in [2.24, 2.45) is 0 Å². The summed E-state index contributed by atoms with van der Waals surface area (Å²) in [5, 5.41) is 2.73. The number of benzene rings is 2. The van der Waals surface area contributed by atoms with Crippen molar-refractivity contribution in [2.75, 3.05) is 5.32 Å². The van der Waals surface area contributed by atoms with E-state index in [4.69, 9.17) is 4.74 Å². The number of anilines is 1. The summed E-state index contributed by atoms with van der Waals surface area (Å²) in [6.07, 6.45) is 0.184. The molecule has 6 heteroatoms. The monoisotopic (exact) mass is 357 g/mol. The molecule has 2 aromatic carbocycles. The second kappa shape index (κ2) is 8.89. The second-order valence-electron chi connectivity index (χ2n) is 5.79. The van der Waals surface area contributed by atoms with Gasteiger partial charge in [-0.2, -0.15) is 0 Å². The zero-order chi connectivity index (χ0) is 19.1. The van der Waals surface area contributed by atoms with Crippen LogP contribution in [0.1, 0.15) is 47.4 Å². The van der Waals surface area contributed by atoms with E-state index in [0.717, 1.165) is 18.6 Å². The summed E-state index contributed by atoms with van der Waals surface area (Å²) in [7, 11) is 0. The van der Waals surface area contributed by atoms with Gasteiger partial charge < -0.3 is 10.1 Å². The van der Waals surface area contributed by atoms with Gasteiger partial charge in [0.25, 0.3) is 0 Å². The summed E-state index contributed by atoms with van der Waals surface area (Å²) in [5.74, 6) is -1.62. The van der Waals surface area contributed by atoms with Gasteiger partial charge in [-0.15, -0.1) is 0 Å². The third kappa shape index (κ3) is 5.24. The Morgan fingerprint density at radius 3 is 2.15 bits per heavy atom. The van der Waals surface area contributed by atoms with Crippen LogP contribution in [0.5, 0.6) is 0 Å². The van der Waals surface area contributed by atoms with Crippen LogP contribution < -0.4 is 5.32 Å². The number of amides is 1. The SMILES string of the molecule is CCCC(=O)Nc1ccc(C(=O)[C@@H](C)OC(=O)c2ccc(F)cc2)cc1. The predicted molar refractivity (Wildman–Crippen MR) is 95.6 cm³/mol. The van der Waals surface area contributed by atoms with E-state index in [1.54, 1.807) is 24.3 Å². The van der Waals surface area contributed by atoms with E-state index in [0.29, 0.717) is 17.7 Å². The number of ether oxygens (including phenoxy) is 1. The van der Waals surface area contributed by atoms with Crippen LogP contribution in [0.25, 0.3) is 0 Å². The second-order valence-corrected chi connectivity index (χ2v) is 5.79. The molecule has 0 spiro atoms. The molecule has 136 valence electrons. The molecule has 2 rings (SSSR count). The molecule has 26 heavy (non-hydrogen) atoms. The Kier molecular flexibility index (Phi) is 6.60. The third-order valence-electron chi connectivity index (χ3n) is 3.66. The summed E-state index contributed by atoms with van der Waals surface area (Å²) in [4.78, 5) is 35.9. The highest BCUT2D eigenvalue weighted by molar-refractivity contribution is 6.02. The average molecular weight is 357 g/mol. The summed E-state index contributed by atoms with van der Waals surface area (Å²) in [5.41, 5.74) is 1.12. The smallest absolute Gasteiger partial charge is 0.338 e. The Labute approximate surface area is 151 Å². The number of carbonyl (C=O) groups excluding carboxylic acids is 3. The van der Waals surface area contributed by atoms with E-state index in [9.17, 15) is 18.8 Å². The summed E-state index contributed by atoms with van der Waals surface area (Å²) in [6.45, 7) is 3.39. The first kappa shape index (κ1) is 19.3. The van der Waals surface area contributed by atoms with E-state index >= 15 is 0 Å². The Morgan fingerprint density at radius 2 is 1.58 bits per heavy atom. The van der Waals surface area contributed by atoms with Crippen LogP contribution in [0, 0.1) is 5.82 Å². The number of rotatable bonds is 7. The van der Waals surface area contributed by atoms with Crippen LogP contribution >= 0.6 is 0 Å². The Morgan fingerprint density at radius 1 is 1.00 bits per heavy atom. The molecule has 1 atom stereocenters. The van der Waals surface area contributed by atoms with Crippen molar-refractivity contribution in [1.82, 2.24) is 0 Å². The van der Waals surface area contributed by atoms with Gasteiger partial charge in [0.05, 0.1) is 5.56 Å². The van der Waals surface area contributed by atoms with Gasteiger partial charge in [-0.3, -0.25) is 9.59 Å². The van der Waals surface area contributed by atoms with Crippen LogP contribution in [0.15, 0.2) is 48.5 Å². The Bertz CT molecular complexity index is 784. The first-order valence-electron chi connectivity index (χ1n) is 8.31. The molecule has 0 fully saturated rings. The van der Waals surface area contributed by atoms with E-state index in [2.05, 4.69) is 5.32 Å². The zero-order valence-corrected chi connectivity index (χ0v) is 14.6. The standard InChI is InChI=1S/C20H20FNO4/c1-3-4-18(23)22-17-11-7-14(8-12-17)19(24)13(2)26-20(25)15-5-9-16(21)10-6-15/h5-13H,3-4H2,1-2H3,(H,22,23)/t13-/m1/s1. The lowest BCUT2D eigenvalue weighted by atomic mass is 10.1. The van der Waals surface area contributed by atoms with Gasteiger partial charge in [0.1, 0.15) is 5.82 Å². The van der Waals surface area contributed by atoms with Crippen molar-refractivity contribution in [3.05, 3.63) is 65.5 Å². The normalized spacial score (nSPS) is 11.5. The quantitative estimate of drug-likeness (QED) is 0.601. The number of hydrogen-bond acceptors (Lipinski definition) is 4. The van der Waals surface area contributed by atoms with E-state index in [1.807, 2.05) is 6.92 Å². The average Bonchev–Trinajstić information content (AvgIpc) is 2.62. The number of halogens is 1. The van der Waals surface area contributed by atoms with Gasteiger partial charge in [-0.25, -0.2) is 9.18 Å². The van der Waals surface area contributed by atoms with Crippen molar-refractivity contribution >= 4 is 23.3 Å². The molecule has 0 aliphatic carbocycles. The lowest BCUT2D eigenvalue weighted by Gasteiger charge is -2.13. The number of esters is 1. The van der Waals surface area contributed by atoms with Gasteiger partial charge >= 0.3 is 5.97 Å². The lowest BCUT2D eigenvalue weighted by molar-refractivity contribution is -0.116. The van der Waals surface area contributed by atoms with Crippen LogP contribution in [0.4, 0.5) is 10.1 Å². The molecular weight excluding hydrogens is 337 g/mol. The summed E-state index contributed by atoms with van der Waals surface area (Å²) < 4.78 is 18.0. The van der Waals surface area contributed by atoms with Gasteiger partial charge in [0.15, 0.2) is 6.10 Å². The number of Topliss-reactive ketones (excluding diaryl/α,β-unsaturated/α-hetero) is 1. The third-order valence-corrected chi connectivity index (χ3v) is 3.66. The van der Waals surface area contributed by atoms with Gasteiger partial charge in [0.2, 0.25) is 11.7 Å². The summed E-state index contributed by atoms with van der Waals surface area (Å²) >= 11 is 0. The fourth-order valence-corrected chi connectivity index (χ4v) is 2.27. The molecule has 5 nitrogen and oxygen atoms in total. The molecule has 0 aromatic heterocycles. The molecule has 0 aliphatic rings. The summed E-state index contributed by atoms with van der Waals surface area (Å²) in [6, 6.07) is 11.2.